The van der Waals surface area contributed by atoms with Gasteiger partial charge in [0, 0.05) is 36.6 Å². The molecule has 3 aromatic carbocycles. The van der Waals surface area contributed by atoms with E-state index in [0.717, 1.165) is 25.2 Å². The van der Waals surface area contributed by atoms with Gasteiger partial charge < -0.3 is 15.0 Å². The molecule has 0 bridgehead atoms. The minimum atomic E-state index is -3.76. The van der Waals surface area contributed by atoms with E-state index in [0.29, 0.717) is 36.1 Å². The molecule has 1 aliphatic heterocycles. The van der Waals surface area contributed by atoms with Crippen LogP contribution >= 0.6 is 0 Å². The maximum absolute atomic E-state index is 13.1. The summed E-state index contributed by atoms with van der Waals surface area (Å²) in [7, 11) is -3.76. The van der Waals surface area contributed by atoms with Gasteiger partial charge in [-0.1, -0.05) is 0 Å². The molecule has 1 atom stereocenters. The second-order valence-corrected chi connectivity index (χ2v) is 10.1. The second-order valence-electron chi connectivity index (χ2n) is 8.37. The van der Waals surface area contributed by atoms with Crippen LogP contribution < -0.4 is 19.7 Å². The third-order valence-electron chi connectivity index (χ3n) is 5.87. The fourth-order valence-corrected chi connectivity index (χ4v) is 5.07. The molecule has 1 amide bonds. The number of carbonyl (C=O) groups excluding carboxylic acids is 1. The number of anilines is 2. The Balaban J connectivity index is 1.29. The number of benzene rings is 3. The minimum absolute atomic E-state index is 0.119. The maximum atomic E-state index is 13.1. The summed E-state index contributed by atoms with van der Waals surface area (Å²) in [6.07, 6.45) is 0.934. The molecule has 1 heterocycles. The number of ether oxygens (including phenoxy) is 1. The highest BCUT2D eigenvalue weighted by Crippen LogP contribution is 2.24. The van der Waals surface area contributed by atoms with Crippen LogP contribution in [0, 0.1) is 11.7 Å². The topological polar surface area (TPSA) is 87.7 Å². The molecule has 0 aromatic heterocycles. The number of halogens is 1. The number of hydrogen-bond donors (Lipinski definition) is 2. The molecule has 3 aromatic rings. The number of nitrogens with one attached hydrogen (secondary N) is 2. The lowest BCUT2D eigenvalue weighted by molar-refractivity contribution is 0.0948. The van der Waals surface area contributed by atoms with Crippen molar-refractivity contribution in [2.75, 3.05) is 35.9 Å². The van der Waals surface area contributed by atoms with Crippen LogP contribution in [0.2, 0.25) is 0 Å². The first kappa shape index (κ1) is 24.5. The summed E-state index contributed by atoms with van der Waals surface area (Å²) in [6, 6.07) is 18.9. The number of sulfonamides is 1. The summed E-state index contributed by atoms with van der Waals surface area (Å²) >= 11 is 0. The fraction of sp³-hybridized carbons (Fsp3) is 0.269. The molecule has 1 fully saturated rings. The first-order valence-electron chi connectivity index (χ1n) is 11.5. The molecule has 35 heavy (non-hydrogen) atoms. The number of hydrogen-bond acceptors (Lipinski definition) is 5. The van der Waals surface area contributed by atoms with E-state index in [1.165, 1.54) is 24.3 Å². The molecule has 0 spiro atoms. The van der Waals surface area contributed by atoms with Crippen molar-refractivity contribution in [3.8, 4) is 5.75 Å². The monoisotopic (exact) mass is 497 g/mol. The Morgan fingerprint density at radius 3 is 2.37 bits per heavy atom. The van der Waals surface area contributed by atoms with E-state index in [1.807, 2.05) is 6.92 Å². The largest absolute Gasteiger partial charge is 0.494 e. The quantitative estimate of drug-likeness (QED) is 0.461. The van der Waals surface area contributed by atoms with Crippen LogP contribution in [-0.4, -0.2) is 40.6 Å². The Morgan fingerprint density at radius 2 is 1.71 bits per heavy atom. The lowest BCUT2D eigenvalue weighted by Crippen LogP contribution is -2.31. The van der Waals surface area contributed by atoms with Crippen LogP contribution in [0.15, 0.2) is 77.7 Å². The lowest BCUT2D eigenvalue weighted by Gasteiger charge is -2.19. The second kappa shape index (κ2) is 10.8. The molecular formula is C26H28FN3O4S. The third-order valence-corrected chi connectivity index (χ3v) is 7.27. The average Bonchev–Trinajstić information content (AvgIpc) is 3.33. The predicted octanol–water partition coefficient (Wildman–Crippen LogP) is 4.28. The van der Waals surface area contributed by atoms with Crippen LogP contribution in [0.25, 0.3) is 0 Å². The SMILES string of the molecule is CCOc1ccc(S(=O)(=O)Nc2ccc(C(=O)NCC3CCN(c4ccc(F)cc4)C3)cc2)cc1. The van der Waals surface area contributed by atoms with Crippen LogP contribution in [0.5, 0.6) is 5.75 Å². The van der Waals surface area contributed by atoms with E-state index in [1.54, 1.807) is 48.5 Å². The van der Waals surface area contributed by atoms with E-state index >= 15 is 0 Å². The molecule has 1 unspecified atom stereocenters. The Morgan fingerprint density at radius 1 is 1.03 bits per heavy atom. The third kappa shape index (κ3) is 6.30. The number of rotatable bonds is 9. The molecule has 9 heteroatoms. The van der Waals surface area contributed by atoms with E-state index in [-0.39, 0.29) is 16.6 Å². The molecule has 0 saturated carbocycles. The predicted molar refractivity (Wildman–Crippen MR) is 134 cm³/mol. The molecule has 1 saturated heterocycles. The van der Waals surface area contributed by atoms with Crippen molar-refractivity contribution >= 4 is 27.3 Å². The van der Waals surface area contributed by atoms with Gasteiger partial charge in [-0.15, -0.1) is 0 Å². The van der Waals surface area contributed by atoms with Crippen LogP contribution in [0.3, 0.4) is 0 Å². The van der Waals surface area contributed by atoms with Crippen LogP contribution in [0.4, 0.5) is 15.8 Å². The first-order valence-corrected chi connectivity index (χ1v) is 13.0. The van der Waals surface area contributed by atoms with E-state index in [9.17, 15) is 17.6 Å². The Bertz CT molecular complexity index is 1250. The van der Waals surface area contributed by atoms with E-state index in [4.69, 9.17) is 4.74 Å². The summed E-state index contributed by atoms with van der Waals surface area (Å²) in [4.78, 5) is 14.9. The highest BCUT2D eigenvalue weighted by Gasteiger charge is 2.23. The molecule has 2 N–H and O–H groups in total. The zero-order valence-electron chi connectivity index (χ0n) is 19.4. The van der Waals surface area contributed by atoms with E-state index < -0.39 is 10.0 Å². The van der Waals surface area contributed by atoms with Crippen molar-refractivity contribution in [2.24, 2.45) is 5.92 Å². The van der Waals surface area contributed by atoms with Crippen molar-refractivity contribution in [2.45, 2.75) is 18.2 Å². The molecule has 4 rings (SSSR count). The van der Waals surface area contributed by atoms with Crippen LogP contribution in [-0.2, 0) is 10.0 Å². The van der Waals surface area contributed by atoms with Gasteiger partial charge in [0.2, 0.25) is 0 Å². The van der Waals surface area contributed by atoms with Gasteiger partial charge in [-0.05, 0) is 92.1 Å². The van der Waals surface area contributed by atoms with Crippen molar-refractivity contribution in [3.63, 3.8) is 0 Å². The van der Waals surface area contributed by atoms with Gasteiger partial charge >= 0.3 is 0 Å². The average molecular weight is 498 g/mol. The summed E-state index contributed by atoms with van der Waals surface area (Å²) in [5.41, 5.74) is 1.78. The fourth-order valence-electron chi connectivity index (χ4n) is 4.01. The zero-order valence-corrected chi connectivity index (χ0v) is 20.2. The summed E-state index contributed by atoms with van der Waals surface area (Å²) in [5.74, 6) is 0.421. The van der Waals surface area contributed by atoms with Crippen molar-refractivity contribution in [1.29, 1.82) is 0 Å². The van der Waals surface area contributed by atoms with Gasteiger partial charge in [-0.25, -0.2) is 12.8 Å². The number of nitrogens with zero attached hydrogens (tertiary/aromatic N) is 1. The number of amides is 1. The molecule has 0 aliphatic carbocycles. The molecule has 0 radical (unpaired) electrons. The van der Waals surface area contributed by atoms with Gasteiger partial charge in [0.1, 0.15) is 11.6 Å². The highest BCUT2D eigenvalue weighted by atomic mass is 32.2. The van der Waals surface area contributed by atoms with Gasteiger partial charge in [-0.2, -0.15) is 0 Å². The van der Waals surface area contributed by atoms with Crippen molar-refractivity contribution < 1.29 is 22.3 Å². The Labute approximate surface area is 205 Å². The van der Waals surface area contributed by atoms with Gasteiger partial charge in [0.05, 0.1) is 11.5 Å². The molecule has 184 valence electrons. The van der Waals surface area contributed by atoms with Gasteiger partial charge in [0.15, 0.2) is 0 Å². The van der Waals surface area contributed by atoms with Gasteiger partial charge in [0.25, 0.3) is 15.9 Å². The molecular weight excluding hydrogens is 469 g/mol. The smallest absolute Gasteiger partial charge is 0.261 e. The van der Waals surface area contributed by atoms with Crippen LogP contribution in [0.1, 0.15) is 23.7 Å². The maximum Gasteiger partial charge on any atom is 0.261 e. The zero-order chi connectivity index (χ0) is 24.8. The van der Waals surface area contributed by atoms with Crippen molar-refractivity contribution in [1.82, 2.24) is 5.32 Å². The summed E-state index contributed by atoms with van der Waals surface area (Å²) in [6.45, 7) is 4.53. The normalized spacial score (nSPS) is 15.6. The molecule has 1 aliphatic rings. The van der Waals surface area contributed by atoms with Crippen molar-refractivity contribution in [3.05, 3.63) is 84.2 Å². The first-order chi connectivity index (χ1) is 16.8. The van der Waals surface area contributed by atoms with E-state index in [2.05, 4.69) is 14.9 Å². The van der Waals surface area contributed by atoms with Gasteiger partial charge in [-0.3, -0.25) is 9.52 Å². The highest BCUT2D eigenvalue weighted by molar-refractivity contribution is 7.92. The standard InChI is InChI=1S/C26H28FN3O4S/c1-2-34-24-11-13-25(14-12-24)35(32,33)29-22-7-3-20(4-8-22)26(31)28-17-19-15-16-30(18-19)23-9-5-21(27)6-10-23/h3-14,19,29H,2,15-18H2,1H3,(H,28,31). The minimum Gasteiger partial charge on any atom is -0.494 e. The summed E-state index contributed by atoms with van der Waals surface area (Å²) in [5, 5.41) is 2.96. The Kier molecular flexibility index (Phi) is 7.55. The summed E-state index contributed by atoms with van der Waals surface area (Å²) < 4.78 is 46.3. The Hall–Kier alpha value is -3.59. The number of carbonyl (C=O) groups is 1. The molecule has 7 nitrogen and oxygen atoms in total. The lowest BCUT2D eigenvalue weighted by atomic mass is 10.1.